The van der Waals surface area contributed by atoms with Gasteiger partial charge in [-0.05, 0) is 42.8 Å². The van der Waals surface area contributed by atoms with Crippen LogP contribution in [-0.2, 0) is 4.79 Å². The molecule has 0 aliphatic rings. The van der Waals surface area contributed by atoms with Gasteiger partial charge in [-0.25, -0.2) is 0 Å². The molecule has 1 heterocycles. The van der Waals surface area contributed by atoms with E-state index in [4.69, 9.17) is 4.52 Å². The van der Waals surface area contributed by atoms with Crippen molar-refractivity contribution in [1.29, 1.82) is 0 Å². The molecule has 26 heavy (non-hydrogen) atoms. The number of benzene rings is 2. The van der Waals surface area contributed by atoms with Crippen molar-refractivity contribution in [1.82, 2.24) is 5.16 Å². The molecule has 0 fully saturated rings. The summed E-state index contributed by atoms with van der Waals surface area (Å²) in [4.78, 5) is 24.0. The van der Waals surface area contributed by atoms with E-state index >= 15 is 0 Å². The van der Waals surface area contributed by atoms with E-state index in [0.717, 1.165) is 5.56 Å². The van der Waals surface area contributed by atoms with E-state index < -0.39 is 0 Å². The maximum Gasteiger partial charge on any atom is 0.260 e. The quantitative estimate of drug-likeness (QED) is 0.686. The van der Waals surface area contributed by atoms with Crippen molar-refractivity contribution < 1.29 is 14.1 Å². The number of hydrogen-bond donors (Lipinski definition) is 2. The molecule has 0 aliphatic carbocycles. The number of anilines is 2. The van der Waals surface area contributed by atoms with Crippen LogP contribution in [0.1, 0.15) is 21.7 Å². The zero-order valence-corrected chi connectivity index (χ0v) is 14.1. The molecule has 2 aromatic carbocycles. The molecular formula is C20H17N3O3. The second-order valence-electron chi connectivity index (χ2n) is 5.56. The Labute approximate surface area is 150 Å². The summed E-state index contributed by atoms with van der Waals surface area (Å²) in [6, 6.07) is 16.4. The number of hydrogen-bond acceptors (Lipinski definition) is 4. The van der Waals surface area contributed by atoms with Crippen LogP contribution in [0.15, 0.2) is 71.4 Å². The van der Waals surface area contributed by atoms with Crippen molar-refractivity contribution in [3.05, 3.63) is 83.8 Å². The molecule has 0 saturated heterocycles. The standard InChI is InChI=1S/C20H17N3O3/c1-14-18(13-21-26-14)20(25)23-17-10-8-16(9-11-17)22-19(24)12-7-15-5-3-2-4-6-15/h2-13H,1H3,(H,22,24)(H,23,25)/b12-7-. The lowest BCUT2D eigenvalue weighted by Gasteiger charge is -2.06. The van der Waals surface area contributed by atoms with Gasteiger partial charge >= 0.3 is 0 Å². The molecule has 3 rings (SSSR count). The highest BCUT2D eigenvalue weighted by molar-refractivity contribution is 6.05. The summed E-state index contributed by atoms with van der Waals surface area (Å²) >= 11 is 0. The van der Waals surface area contributed by atoms with Crippen LogP contribution in [0.2, 0.25) is 0 Å². The van der Waals surface area contributed by atoms with Gasteiger partial charge in [0.2, 0.25) is 5.91 Å². The van der Waals surface area contributed by atoms with E-state index in [1.165, 1.54) is 12.3 Å². The monoisotopic (exact) mass is 347 g/mol. The Kier molecular flexibility index (Phi) is 5.24. The molecular weight excluding hydrogens is 330 g/mol. The molecule has 0 spiro atoms. The van der Waals surface area contributed by atoms with Crippen LogP contribution >= 0.6 is 0 Å². The van der Waals surface area contributed by atoms with E-state index in [2.05, 4.69) is 15.8 Å². The Morgan fingerprint density at radius 1 is 0.962 bits per heavy atom. The molecule has 6 heteroatoms. The average Bonchev–Trinajstić information content (AvgIpc) is 3.09. The molecule has 1 aromatic heterocycles. The highest BCUT2D eigenvalue weighted by Crippen LogP contribution is 2.16. The third kappa shape index (κ3) is 4.45. The summed E-state index contributed by atoms with van der Waals surface area (Å²) in [6.07, 6.45) is 4.59. The van der Waals surface area contributed by atoms with Gasteiger partial charge in [-0.1, -0.05) is 35.5 Å². The van der Waals surface area contributed by atoms with Gasteiger partial charge in [-0.2, -0.15) is 0 Å². The van der Waals surface area contributed by atoms with Crippen LogP contribution in [0.3, 0.4) is 0 Å². The zero-order chi connectivity index (χ0) is 18.4. The summed E-state index contributed by atoms with van der Waals surface area (Å²) in [5.41, 5.74) is 2.57. The average molecular weight is 347 g/mol. The van der Waals surface area contributed by atoms with Crippen LogP contribution in [0.25, 0.3) is 6.08 Å². The minimum absolute atomic E-state index is 0.231. The first-order valence-electron chi connectivity index (χ1n) is 7.98. The van der Waals surface area contributed by atoms with E-state index in [9.17, 15) is 9.59 Å². The fraction of sp³-hybridized carbons (Fsp3) is 0.0500. The Morgan fingerprint density at radius 2 is 1.62 bits per heavy atom. The molecule has 0 saturated carbocycles. The lowest BCUT2D eigenvalue weighted by Crippen LogP contribution is -2.12. The third-order valence-electron chi connectivity index (χ3n) is 3.63. The summed E-state index contributed by atoms with van der Waals surface area (Å²) in [7, 11) is 0. The highest BCUT2D eigenvalue weighted by Gasteiger charge is 2.12. The van der Waals surface area contributed by atoms with Crippen molar-refractivity contribution in [2.24, 2.45) is 0 Å². The first-order chi connectivity index (χ1) is 12.6. The van der Waals surface area contributed by atoms with E-state index in [1.807, 2.05) is 30.3 Å². The van der Waals surface area contributed by atoms with Crippen molar-refractivity contribution in [2.45, 2.75) is 6.92 Å². The summed E-state index contributed by atoms with van der Waals surface area (Å²) in [5.74, 6) is -0.0753. The maximum atomic E-state index is 12.1. The first kappa shape index (κ1) is 17.2. The van der Waals surface area contributed by atoms with Gasteiger partial charge in [0.15, 0.2) is 0 Å². The molecule has 0 atom stereocenters. The predicted molar refractivity (Wildman–Crippen MR) is 99.7 cm³/mol. The summed E-state index contributed by atoms with van der Waals surface area (Å²) < 4.78 is 4.88. The van der Waals surface area contributed by atoms with Crippen molar-refractivity contribution in [3.8, 4) is 0 Å². The molecule has 0 aliphatic heterocycles. The molecule has 6 nitrogen and oxygen atoms in total. The minimum Gasteiger partial charge on any atom is -0.361 e. The Morgan fingerprint density at radius 3 is 2.23 bits per heavy atom. The molecule has 0 bridgehead atoms. The molecule has 2 N–H and O–H groups in total. The minimum atomic E-state index is -0.300. The van der Waals surface area contributed by atoms with Crippen LogP contribution in [0.4, 0.5) is 11.4 Å². The van der Waals surface area contributed by atoms with Crippen LogP contribution in [0, 0.1) is 6.92 Å². The van der Waals surface area contributed by atoms with Gasteiger partial charge in [0.25, 0.3) is 5.91 Å². The van der Waals surface area contributed by atoms with Crippen LogP contribution in [0.5, 0.6) is 0 Å². The van der Waals surface area contributed by atoms with Gasteiger partial charge in [0.05, 0.1) is 6.20 Å². The Bertz CT molecular complexity index is 928. The van der Waals surface area contributed by atoms with E-state index in [1.54, 1.807) is 37.3 Å². The molecule has 3 aromatic rings. The van der Waals surface area contributed by atoms with E-state index in [-0.39, 0.29) is 11.8 Å². The number of carbonyl (C=O) groups excluding carboxylic acids is 2. The second-order valence-corrected chi connectivity index (χ2v) is 5.56. The molecule has 130 valence electrons. The first-order valence-corrected chi connectivity index (χ1v) is 7.98. The largest absolute Gasteiger partial charge is 0.361 e. The van der Waals surface area contributed by atoms with Gasteiger partial charge in [0, 0.05) is 17.5 Å². The Balaban J connectivity index is 1.57. The summed E-state index contributed by atoms with van der Waals surface area (Å²) in [5, 5.41) is 9.09. The molecule has 0 radical (unpaired) electrons. The van der Waals surface area contributed by atoms with Gasteiger partial charge in [0.1, 0.15) is 11.3 Å². The summed E-state index contributed by atoms with van der Waals surface area (Å²) in [6.45, 7) is 1.67. The SMILES string of the molecule is Cc1oncc1C(=O)Nc1ccc(NC(=O)/C=C\c2ccccc2)cc1. The lowest BCUT2D eigenvalue weighted by atomic mass is 10.2. The van der Waals surface area contributed by atoms with Crippen LogP contribution in [-0.4, -0.2) is 17.0 Å². The lowest BCUT2D eigenvalue weighted by molar-refractivity contribution is -0.111. The van der Waals surface area contributed by atoms with Crippen molar-refractivity contribution in [2.75, 3.05) is 10.6 Å². The van der Waals surface area contributed by atoms with E-state index in [0.29, 0.717) is 22.7 Å². The Hall–Kier alpha value is -3.67. The van der Waals surface area contributed by atoms with Crippen molar-refractivity contribution in [3.63, 3.8) is 0 Å². The number of nitrogens with one attached hydrogen (secondary N) is 2. The topological polar surface area (TPSA) is 84.2 Å². The number of rotatable bonds is 5. The fourth-order valence-electron chi connectivity index (χ4n) is 2.27. The smallest absolute Gasteiger partial charge is 0.260 e. The highest BCUT2D eigenvalue weighted by atomic mass is 16.5. The van der Waals surface area contributed by atoms with Crippen LogP contribution < -0.4 is 10.6 Å². The zero-order valence-electron chi connectivity index (χ0n) is 14.1. The fourth-order valence-corrected chi connectivity index (χ4v) is 2.27. The number of carbonyl (C=O) groups is 2. The number of nitrogens with zero attached hydrogens (tertiary/aromatic N) is 1. The van der Waals surface area contributed by atoms with Gasteiger partial charge in [-0.15, -0.1) is 0 Å². The second kappa shape index (κ2) is 7.94. The number of aromatic nitrogens is 1. The predicted octanol–water partition coefficient (Wildman–Crippen LogP) is 3.89. The number of aryl methyl sites for hydroxylation is 1. The van der Waals surface area contributed by atoms with Crippen molar-refractivity contribution >= 4 is 29.3 Å². The van der Waals surface area contributed by atoms with Gasteiger partial charge in [-0.3, -0.25) is 9.59 Å². The molecule has 2 amide bonds. The maximum absolute atomic E-state index is 12.1. The normalized spacial score (nSPS) is 10.7. The molecule has 0 unspecified atom stereocenters. The third-order valence-corrected chi connectivity index (χ3v) is 3.63. The van der Waals surface area contributed by atoms with Gasteiger partial charge < -0.3 is 15.2 Å². The number of amides is 2.